The van der Waals surface area contributed by atoms with Crippen molar-refractivity contribution in [2.24, 2.45) is 5.92 Å². The molecule has 1 rings (SSSR count). The van der Waals surface area contributed by atoms with Crippen molar-refractivity contribution in [1.82, 2.24) is 9.97 Å². The molecule has 0 radical (unpaired) electrons. The highest BCUT2D eigenvalue weighted by molar-refractivity contribution is 5.60. The Morgan fingerprint density at radius 1 is 1.45 bits per heavy atom. The Morgan fingerprint density at radius 2 is 2.15 bits per heavy atom. The summed E-state index contributed by atoms with van der Waals surface area (Å²) in [5.74, 6) is 0.670. The summed E-state index contributed by atoms with van der Waals surface area (Å²) in [5.41, 5.74) is 5.62. The van der Waals surface area contributed by atoms with E-state index < -0.39 is 4.92 Å². The van der Waals surface area contributed by atoms with E-state index in [-0.39, 0.29) is 23.1 Å². The second kappa shape index (κ2) is 7.59. The molecule has 1 heterocycles. The molecule has 0 aliphatic heterocycles. The van der Waals surface area contributed by atoms with Gasteiger partial charge in [-0.05, 0) is 19.3 Å². The van der Waals surface area contributed by atoms with Crippen LogP contribution in [0, 0.1) is 23.0 Å². The van der Waals surface area contributed by atoms with Gasteiger partial charge in [-0.1, -0.05) is 13.8 Å². The number of anilines is 2. The maximum atomic E-state index is 11.0. The van der Waals surface area contributed by atoms with Gasteiger partial charge in [-0.15, -0.1) is 0 Å². The van der Waals surface area contributed by atoms with Gasteiger partial charge in [0.15, 0.2) is 0 Å². The quantitative estimate of drug-likeness (QED) is 0.424. The summed E-state index contributed by atoms with van der Waals surface area (Å²) in [6.07, 6.45) is 0.729. The average molecular weight is 283 g/mol. The number of nitrogens with zero attached hydrogens (tertiary/aromatic N) is 3. The van der Waals surface area contributed by atoms with E-state index in [9.17, 15) is 10.1 Å². The van der Waals surface area contributed by atoms with Crippen molar-refractivity contribution >= 4 is 17.5 Å². The molecule has 112 valence electrons. The highest BCUT2D eigenvalue weighted by Crippen LogP contribution is 2.25. The summed E-state index contributed by atoms with van der Waals surface area (Å²) in [6.45, 7) is 7.52. The first-order valence-corrected chi connectivity index (χ1v) is 6.52. The van der Waals surface area contributed by atoms with Gasteiger partial charge in [-0.3, -0.25) is 10.1 Å². The number of rotatable bonds is 8. The van der Waals surface area contributed by atoms with Crippen molar-refractivity contribution in [2.75, 3.05) is 30.8 Å². The van der Waals surface area contributed by atoms with E-state index in [1.807, 2.05) is 0 Å². The minimum Gasteiger partial charge on any atom is -0.381 e. The van der Waals surface area contributed by atoms with Gasteiger partial charge in [-0.25, -0.2) is 4.98 Å². The van der Waals surface area contributed by atoms with Gasteiger partial charge in [-0.2, -0.15) is 4.98 Å². The van der Waals surface area contributed by atoms with Gasteiger partial charge >= 0.3 is 5.69 Å². The number of nitro groups is 1. The molecule has 8 heteroatoms. The summed E-state index contributed by atoms with van der Waals surface area (Å²) in [4.78, 5) is 18.1. The largest absolute Gasteiger partial charge is 0.381 e. The van der Waals surface area contributed by atoms with Gasteiger partial charge in [0.05, 0.1) is 4.92 Å². The van der Waals surface area contributed by atoms with Crippen LogP contribution in [-0.4, -0.2) is 34.6 Å². The lowest BCUT2D eigenvalue weighted by molar-refractivity contribution is -0.385. The number of ether oxygens (including phenoxy) is 1. The smallest absolute Gasteiger partial charge is 0.332 e. The second-order valence-electron chi connectivity index (χ2n) is 4.87. The number of nitrogens with one attached hydrogen (secondary N) is 1. The molecular formula is C12H21N5O3. The number of hydrogen-bond acceptors (Lipinski definition) is 7. The molecule has 0 atom stereocenters. The Labute approximate surface area is 117 Å². The predicted octanol–water partition coefficient (Wildman–Crippen LogP) is 1.75. The molecule has 0 saturated carbocycles. The molecule has 1 aromatic heterocycles. The molecular weight excluding hydrogens is 262 g/mol. The zero-order valence-electron chi connectivity index (χ0n) is 12.0. The highest BCUT2D eigenvalue weighted by Gasteiger charge is 2.20. The Morgan fingerprint density at radius 3 is 2.75 bits per heavy atom. The van der Waals surface area contributed by atoms with Gasteiger partial charge in [0.1, 0.15) is 5.69 Å². The van der Waals surface area contributed by atoms with Crippen molar-refractivity contribution in [3.63, 3.8) is 0 Å². The van der Waals surface area contributed by atoms with Gasteiger partial charge in [0.25, 0.3) is 0 Å². The SMILES string of the molecule is Cc1nc(N)nc(NCCCOCC(C)C)c1[N+](=O)[O-]. The lowest BCUT2D eigenvalue weighted by atomic mass is 10.2. The molecule has 0 bridgehead atoms. The third kappa shape index (κ3) is 4.96. The number of nitrogens with two attached hydrogens (primary N) is 1. The number of aryl methyl sites for hydroxylation is 1. The van der Waals surface area contributed by atoms with Gasteiger partial charge in [0.2, 0.25) is 11.8 Å². The number of nitrogen functional groups attached to an aromatic ring is 1. The molecule has 0 spiro atoms. The van der Waals surface area contributed by atoms with Crippen molar-refractivity contribution in [3.8, 4) is 0 Å². The molecule has 0 saturated heterocycles. The standard InChI is InChI=1S/C12H21N5O3/c1-8(2)7-20-6-4-5-14-11-10(17(18)19)9(3)15-12(13)16-11/h8H,4-7H2,1-3H3,(H3,13,14,15,16). The monoisotopic (exact) mass is 283 g/mol. The predicted molar refractivity (Wildman–Crippen MR) is 76.6 cm³/mol. The normalized spacial score (nSPS) is 10.8. The summed E-state index contributed by atoms with van der Waals surface area (Å²) >= 11 is 0. The van der Waals surface area contributed by atoms with Crippen LogP contribution in [0.25, 0.3) is 0 Å². The maximum absolute atomic E-state index is 11.0. The molecule has 0 aromatic carbocycles. The Kier molecular flexibility index (Phi) is 6.10. The first-order chi connectivity index (χ1) is 9.41. The molecule has 0 amide bonds. The third-order valence-corrected chi connectivity index (χ3v) is 2.47. The van der Waals surface area contributed by atoms with Crippen LogP contribution in [0.4, 0.5) is 17.5 Å². The van der Waals surface area contributed by atoms with Crippen LogP contribution < -0.4 is 11.1 Å². The Hall–Kier alpha value is -1.96. The molecule has 0 fully saturated rings. The van der Waals surface area contributed by atoms with Gasteiger partial charge < -0.3 is 15.8 Å². The first-order valence-electron chi connectivity index (χ1n) is 6.52. The van der Waals surface area contributed by atoms with Crippen LogP contribution >= 0.6 is 0 Å². The molecule has 0 aliphatic rings. The highest BCUT2D eigenvalue weighted by atomic mass is 16.6. The summed E-state index contributed by atoms with van der Waals surface area (Å²) < 4.78 is 5.43. The fraction of sp³-hybridized carbons (Fsp3) is 0.667. The van der Waals surface area contributed by atoms with Crippen molar-refractivity contribution < 1.29 is 9.66 Å². The molecule has 0 aliphatic carbocycles. The lowest BCUT2D eigenvalue weighted by Gasteiger charge is -2.09. The topological polar surface area (TPSA) is 116 Å². The minimum absolute atomic E-state index is 0.0201. The van der Waals surface area contributed by atoms with E-state index in [4.69, 9.17) is 10.5 Å². The minimum atomic E-state index is -0.508. The first kappa shape index (κ1) is 16.1. The van der Waals surface area contributed by atoms with Crippen LogP contribution in [0.1, 0.15) is 26.0 Å². The number of aromatic nitrogens is 2. The van der Waals surface area contributed by atoms with Crippen molar-refractivity contribution in [3.05, 3.63) is 15.8 Å². The van der Waals surface area contributed by atoms with Crippen molar-refractivity contribution in [1.29, 1.82) is 0 Å². The summed E-state index contributed by atoms with van der Waals surface area (Å²) in [7, 11) is 0. The van der Waals surface area contributed by atoms with Crippen LogP contribution in [0.5, 0.6) is 0 Å². The van der Waals surface area contributed by atoms with Crippen LogP contribution in [0.15, 0.2) is 0 Å². The van der Waals surface area contributed by atoms with E-state index in [0.717, 1.165) is 6.42 Å². The zero-order valence-corrected chi connectivity index (χ0v) is 12.0. The zero-order chi connectivity index (χ0) is 15.1. The van der Waals surface area contributed by atoms with Crippen LogP contribution in [0.3, 0.4) is 0 Å². The summed E-state index contributed by atoms with van der Waals surface area (Å²) in [5, 5.41) is 13.9. The van der Waals surface area contributed by atoms with Crippen LogP contribution in [0.2, 0.25) is 0 Å². The van der Waals surface area contributed by atoms with Crippen molar-refractivity contribution in [2.45, 2.75) is 27.2 Å². The number of hydrogen-bond donors (Lipinski definition) is 2. The van der Waals surface area contributed by atoms with E-state index >= 15 is 0 Å². The molecule has 20 heavy (non-hydrogen) atoms. The summed E-state index contributed by atoms with van der Waals surface area (Å²) in [6, 6.07) is 0. The second-order valence-corrected chi connectivity index (χ2v) is 4.87. The van der Waals surface area contributed by atoms with E-state index in [1.165, 1.54) is 6.92 Å². The average Bonchev–Trinajstić information content (AvgIpc) is 2.31. The van der Waals surface area contributed by atoms with E-state index in [2.05, 4.69) is 29.1 Å². The van der Waals surface area contributed by atoms with Crippen LogP contribution in [-0.2, 0) is 4.74 Å². The Bertz CT molecular complexity index is 465. The molecule has 8 nitrogen and oxygen atoms in total. The Balaban J connectivity index is 2.53. The lowest BCUT2D eigenvalue weighted by Crippen LogP contribution is -2.12. The third-order valence-electron chi connectivity index (χ3n) is 2.47. The molecule has 3 N–H and O–H groups in total. The molecule has 1 aromatic rings. The van der Waals surface area contributed by atoms with E-state index in [1.54, 1.807) is 0 Å². The fourth-order valence-corrected chi connectivity index (χ4v) is 1.63. The maximum Gasteiger partial charge on any atom is 0.332 e. The molecule has 0 unspecified atom stereocenters. The van der Waals surface area contributed by atoms with E-state index in [0.29, 0.717) is 25.7 Å². The van der Waals surface area contributed by atoms with Gasteiger partial charge in [0, 0.05) is 19.8 Å². The fourth-order valence-electron chi connectivity index (χ4n) is 1.63.